The van der Waals surface area contributed by atoms with Crippen LogP contribution in [0.1, 0.15) is 27.0 Å². The Kier molecular flexibility index (Phi) is 10.1. The highest BCUT2D eigenvalue weighted by molar-refractivity contribution is 5.91. The van der Waals surface area contributed by atoms with E-state index in [0.717, 1.165) is 27.2 Å². The number of carboxylic acids is 1. The molecule has 1 amide bonds. The summed E-state index contributed by atoms with van der Waals surface area (Å²) < 4.78 is 43.7. The number of nitrogens with one attached hydrogen (secondary N) is 1. The van der Waals surface area contributed by atoms with Crippen molar-refractivity contribution >= 4 is 17.6 Å². The van der Waals surface area contributed by atoms with E-state index in [4.69, 9.17) is 15.2 Å². The fourth-order valence-electron chi connectivity index (χ4n) is 4.83. The zero-order valence-electron chi connectivity index (χ0n) is 25.7. The summed E-state index contributed by atoms with van der Waals surface area (Å²) >= 11 is 0. The number of aryl methyl sites for hydroxylation is 1. The van der Waals surface area contributed by atoms with Gasteiger partial charge >= 0.3 is 5.97 Å². The van der Waals surface area contributed by atoms with Crippen molar-refractivity contribution in [1.82, 2.24) is 10.3 Å². The van der Waals surface area contributed by atoms with Crippen molar-refractivity contribution in [3.8, 4) is 34.4 Å². The lowest BCUT2D eigenvalue weighted by atomic mass is 10.0. The highest BCUT2D eigenvalue weighted by atomic mass is 19.1. The Hall–Kier alpha value is -5.81. The van der Waals surface area contributed by atoms with Gasteiger partial charge < -0.3 is 30.5 Å². The van der Waals surface area contributed by atoms with Gasteiger partial charge in [-0.15, -0.1) is 0 Å². The molecule has 0 spiro atoms. The SMILES string of the molecule is Cc1ccc(C(=O)O)c(Oc2nc(Oc3cccc(-c4cccc(CN)c4)c3)c(F)c(N(C)CC(=O)NCc3ccccc3)c2F)c1. The normalized spacial score (nSPS) is 10.7. The second-order valence-corrected chi connectivity index (χ2v) is 10.8. The summed E-state index contributed by atoms with van der Waals surface area (Å²) in [5, 5.41) is 12.4. The molecule has 0 saturated carbocycles. The molecule has 1 heterocycles. The van der Waals surface area contributed by atoms with E-state index in [0.29, 0.717) is 12.1 Å². The molecule has 0 bridgehead atoms. The Morgan fingerprint density at radius 2 is 1.51 bits per heavy atom. The van der Waals surface area contributed by atoms with Crippen LogP contribution in [0, 0.1) is 18.6 Å². The van der Waals surface area contributed by atoms with Crippen molar-refractivity contribution in [3.05, 3.63) is 131 Å². The molecule has 0 aliphatic heterocycles. The summed E-state index contributed by atoms with van der Waals surface area (Å²) in [4.78, 5) is 29.7. The minimum Gasteiger partial charge on any atom is -0.478 e. The number of anilines is 1. The minimum absolute atomic E-state index is 0.181. The van der Waals surface area contributed by atoms with E-state index >= 15 is 8.78 Å². The zero-order chi connectivity index (χ0) is 33.5. The molecule has 0 atom stereocenters. The van der Waals surface area contributed by atoms with Crippen LogP contribution < -0.4 is 25.4 Å². The molecule has 5 aromatic rings. The maximum absolute atomic E-state index is 16.1. The maximum Gasteiger partial charge on any atom is 0.339 e. The van der Waals surface area contributed by atoms with Gasteiger partial charge in [-0.05, 0) is 65.1 Å². The number of ether oxygens (including phenoxy) is 2. The Labute approximate surface area is 270 Å². The van der Waals surface area contributed by atoms with E-state index < -0.39 is 47.5 Å². The minimum atomic E-state index is -1.32. The second kappa shape index (κ2) is 14.5. The first kappa shape index (κ1) is 32.6. The van der Waals surface area contributed by atoms with E-state index in [9.17, 15) is 14.7 Å². The van der Waals surface area contributed by atoms with Gasteiger partial charge in [0, 0.05) is 20.1 Å². The number of aromatic carboxylic acids is 1. The number of pyridine rings is 1. The fraction of sp³-hybridized carbons (Fsp3) is 0.139. The first-order valence-corrected chi connectivity index (χ1v) is 14.6. The third-order valence-corrected chi connectivity index (χ3v) is 7.21. The van der Waals surface area contributed by atoms with Crippen molar-refractivity contribution < 1.29 is 33.0 Å². The van der Waals surface area contributed by atoms with Crippen LogP contribution in [0.15, 0.2) is 97.1 Å². The van der Waals surface area contributed by atoms with E-state index in [1.165, 1.54) is 19.2 Å². The molecule has 9 nitrogen and oxygen atoms in total. The van der Waals surface area contributed by atoms with Crippen LogP contribution in [-0.2, 0) is 17.9 Å². The molecule has 0 saturated heterocycles. The smallest absolute Gasteiger partial charge is 0.339 e. The number of halogens is 2. The van der Waals surface area contributed by atoms with Gasteiger partial charge in [0.2, 0.25) is 17.5 Å². The van der Waals surface area contributed by atoms with Gasteiger partial charge in [-0.2, -0.15) is 13.8 Å². The van der Waals surface area contributed by atoms with Crippen LogP contribution in [0.5, 0.6) is 23.3 Å². The van der Waals surface area contributed by atoms with Crippen LogP contribution in [-0.4, -0.2) is 35.6 Å². The van der Waals surface area contributed by atoms with Gasteiger partial charge in [-0.3, -0.25) is 4.79 Å². The molecular weight excluding hydrogens is 606 g/mol. The summed E-state index contributed by atoms with van der Waals surface area (Å²) in [5.74, 6) is -5.68. The molecule has 4 N–H and O–H groups in total. The van der Waals surface area contributed by atoms with Gasteiger partial charge in [0.1, 0.15) is 22.7 Å². The first-order chi connectivity index (χ1) is 22.6. The molecular formula is C36H32F2N4O5. The number of benzene rings is 4. The van der Waals surface area contributed by atoms with Gasteiger partial charge in [-0.1, -0.05) is 66.7 Å². The lowest BCUT2D eigenvalue weighted by Crippen LogP contribution is -2.35. The highest BCUT2D eigenvalue weighted by Crippen LogP contribution is 2.39. The summed E-state index contributed by atoms with van der Waals surface area (Å²) in [6, 6.07) is 27.8. The number of likely N-dealkylation sites (N-methyl/N-ethyl adjacent to an activating group) is 1. The van der Waals surface area contributed by atoms with Gasteiger partial charge in [0.15, 0.2) is 0 Å². The number of carboxylic acid groups (broad SMARTS) is 1. The average Bonchev–Trinajstić information content (AvgIpc) is 3.06. The Bertz CT molecular complexity index is 1920. The number of aromatic nitrogens is 1. The summed E-state index contributed by atoms with van der Waals surface area (Å²) in [6.45, 7) is 1.84. The lowest BCUT2D eigenvalue weighted by Gasteiger charge is -2.22. The summed E-state index contributed by atoms with van der Waals surface area (Å²) in [5.41, 5.74) is 8.87. The van der Waals surface area contributed by atoms with Crippen LogP contribution >= 0.6 is 0 Å². The molecule has 0 unspecified atom stereocenters. The van der Waals surface area contributed by atoms with Crippen LogP contribution in [0.25, 0.3) is 11.1 Å². The predicted octanol–water partition coefficient (Wildman–Crippen LogP) is 6.83. The van der Waals surface area contributed by atoms with Crippen molar-refractivity contribution in [2.75, 3.05) is 18.5 Å². The average molecular weight is 639 g/mol. The largest absolute Gasteiger partial charge is 0.478 e. The third-order valence-electron chi connectivity index (χ3n) is 7.21. The lowest BCUT2D eigenvalue weighted by molar-refractivity contribution is -0.119. The number of amides is 1. The van der Waals surface area contributed by atoms with Crippen molar-refractivity contribution in [1.29, 1.82) is 0 Å². The molecule has 0 aliphatic rings. The van der Waals surface area contributed by atoms with E-state index in [2.05, 4.69) is 10.3 Å². The van der Waals surface area contributed by atoms with Crippen molar-refractivity contribution in [2.45, 2.75) is 20.0 Å². The van der Waals surface area contributed by atoms with Crippen LogP contribution in [0.3, 0.4) is 0 Å². The molecule has 11 heteroatoms. The number of nitrogens with two attached hydrogens (primary N) is 1. The predicted molar refractivity (Wildman–Crippen MR) is 174 cm³/mol. The summed E-state index contributed by atoms with van der Waals surface area (Å²) in [6.07, 6.45) is 0. The van der Waals surface area contributed by atoms with Gasteiger partial charge in [0.05, 0.1) is 6.54 Å². The topological polar surface area (TPSA) is 127 Å². The number of nitrogens with zero attached hydrogens (tertiary/aromatic N) is 2. The Morgan fingerprint density at radius 1 is 0.851 bits per heavy atom. The molecule has 240 valence electrons. The number of carbonyl (C=O) groups excluding carboxylic acids is 1. The van der Waals surface area contributed by atoms with E-state index in [1.807, 2.05) is 60.7 Å². The molecule has 4 aromatic carbocycles. The number of rotatable bonds is 12. The number of hydrogen-bond acceptors (Lipinski definition) is 7. The molecule has 0 fully saturated rings. The van der Waals surface area contributed by atoms with Crippen LogP contribution in [0.2, 0.25) is 0 Å². The molecule has 0 radical (unpaired) electrons. The highest BCUT2D eigenvalue weighted by Gasteiger charge is 2.28. The summed E-state index contributed by atoms with van der Waals surface area (Å²) in [7, 11) is 1.33. The first-order valence-electron chi connectivity index (χ1n) is 14.6. The molecule has 47 heavy (non-hydrogen) atoms. The van der Waals surface area contributed by atoms with Crippen molar-refractivity contribution in [2.24, 2.45) is 5.73 Å². The second-order valence-electron chi connectivity index (χ2n) is 10.8. The third kappa shape index (κ3) is 7.89. The number of carbonyl (C=O) groups is 2. The van der Waals surface area contributed by atoms with E-state index in [1.54, 1.807) is 31.2 Å². The Balaban J connectivity index is 1.51. The molecule has 0 aliphatic carbocycles. The quantitative estimate of drug-likeness (QED) is 0.136. The van der Waals surface area contributed by atoms with E-state index in [-0.39, 0.29) is 23.6 Å². The van der Waals surface area contributed by atoms with Crippen molar-refractivity contribution in [3.63, 3.8) is 0 Å². The standard InChI is InChI=1S/C36H32F2N4O5/c1-22-14-15-28(36(44)45)29(16-22)47-35-32(38)33(42(2)21-30(43)40-20-23-8-4-3-5-9-23)31(37)34(41-35)46-27-13-7-12-26(18-27)25-11-6-10-24(17-25)19-39/h3-18H,19-21,39H2,1-2H3,(H,40,43)(H,44,45). The monoisotopic (exact) mass is 638 g/mol. The van der Waals surface area contributed by atoms with Gasteiger partial charge in [-0.25, -0.2) is 4.79 Å². The van der Waals surface area contributed by atoms with Crippen LogP contribution in [0.4, 0.5) is 14.5 Å². The zero-order valence-corrected chi connectivity index (χ0v) is 25.7. The maximum atomic E-state index is 16.1. The Morgan fingerprint density at radius 3 is 2.21 bits per heavy atom. The molecule has 1 aromatic heterocycles. The van der Waals surface area contributed by atoms with Gasteiger partial charge in [0.25, 0.3) is 11.8 Å². The number of hydrogen-bond donors (Lipinski definition) is 3. The molecule has 5 rings (SSSR count). The fourth-order valence-corrected chi connectivity index (χ4v) is 4.83.